The number of amides is 1. The normalized spacial score (nSPS) is 19.7. The quantitative estimate of drug-likeness (QED) is 0.854. The lowest BCUT2D eigenvalue weighted by molar-refractivity contribution is 0.0924. The van der Waals surface area contributed by atoms with Gasteiger partial charge in [0, 0.05) is 17.6 Å². The van der Waals surface area contributed by atoms with Crippen LogP contribution in [0.1, 0.15) is 41.3 Å². The summed E-state index contributed by atoms with van der Waals surface area (Å²) >= 11 is 0. The average molecular weight is 359 g/mol. The summed E-state index contributed by atoms with van der Waals surface area (Å²) < 4.78 is 0. The molecule has 1 heterocycles. The number of carbonyl (C=O) groups excluding carboxylic acids is 1. The van der Waals surface area contributed by atoms with Crippen LogP contribution in [0.15, 0.2) is 54.6 Å². The summed E-state index contributed by atoms with van der Waals surface area (Å²) in [5, 5.41) is 6.65. The van der Waals surface area contributed by atoms with E-state index in [1.165, 1.54) is 5.56 Å². The van der Waals surface area contributed by atoms with Gasteiger partial charge in [0.2, 0.25) is 0 Å². The summed E-state index contributed by atoms with van der Waals surface area (Å²) in [6, 6.07) is 19.2. The molecule has 0 aromatic heterocycles. The van der Waals surface area contributed by atoms with Crippen LogP contribution in [0.3, 0.4) is 0 Å². The third kappa shape index (κ3) is 5.58. The Morgan fingerprint density at radius 2 is 1.80 bits per heavy atom. The summed E-state index contributed by atoms with van der Waals surface area (Å²) in [5.41, 5.74) is 3.25. The van der Waals surface area contributed by atoms with Gasteiger partial charge in [-0.25, -0.2) is 0 Å². The fraction of sp³-hybridized carbons (Fsp3) is 0.381. The van der Waals surface area contributed by atoms with Crippen LogP contribution in [0.25, 0.3) is 0 Å². The molecule has 0 spiro atoms. The van der Waals surface area contributed by atoms with Gasteiger partial charge < -0.3 is 10.6 Å². The minimum Gasteiger partial charge on any atom is -0.349 e. The van der Waals surface area contributed by atoms with Crippen LogP contribution in [0.2, 0.25) is 0 Å². The maximum atomic E-state index is 12.7. The van der Waals surface area contributed by atoms with E-state index in [1.54, 1.807) is 0 Å². The van der Waals surface area contributed by atoms with Crippen molar-refractivity contribution in [2.45, 2.75) is 44.7 Å². The number of nitrogens with one attached hydrogen (secondary N) is 2. The number of rotatable bonds is 5. The Bertz CT molecular complexity index is 675. The van der Waals surface area contributed by atoms with Crippen molar-refractivity contribution in [2.24, 2.45) is 0 Å². The van der Waals surface area contributed by atoms with E-state index in [4.69, 9.17) is 0 Å². The van der Waals surface area contributed by atoms with Crippen LogP contribution in [-0.4, -0.2) is 24.5 Å². The maximum Gasteiger partial charge on any atom is 0.251 e. The van der Waals surface area contributed by atoms with Gasteiger partial charge in [0.1, 0.15) is 0 Å². The van der Waals surface area contributed by atoms with Gasteiger partial charge in [0.25, 0.3) is 5.91 Å². The number of hydrogen-bond donors (Lipinski definition) is 2. The lowest BCUT2D eigenvalue weighted by Gasteiger charge is -2.28. The van der Waals surface area contributed by atoms with Gasteiger partial charge in [0.05, 0.1) is 0 Å². The topological polar surface area (TPSA) is 41.1 Å². The van der Waals surface area contributed by atoms with Gasteiger partial charge in [-0.1, -0.05) is 48.5 Å². The highest BCUT2D eigenvalue weighted by molar-refractivity contribution is 5.95. The van der Waals surface area contributed by atoms with E-state index in [0.29, 0.717) is 6.04 Å². The van der Waals surface area contributed by atoms with Crippen molar-refractivity contribution in [2.75, 3.05) is 6.54 Å². The molecule has 0 radical (unpaired) electrons. The summed E-state index contributed by atoms with van der Waals surface area (Å²) in [6.07, 6.45) is 3.84. The van der Waals surface area contributed by atoms with Gasteiger partial charge in [-0.05, 0) is 56.3 Å². The van der Waals surface area contributed by atoms with Crippen LogP contribution in [0.4, 0.5) is 0 Å². The largest absolute Gasteiger partial charge is 0.349 e. The lowest BCUT2D eigenvalue weighted by atomic mass is 9.97. The minimum absolute atomic E-state index is 0. The van der Waals surface area contributed by atoms with Gasteiger partial charge in [-0.2, -0.15) is 0 Å². The van der Waals surface area contributed by atoms with Crippen molar-refractivity contribution in [3.05, 3.63) is 71.3 Å². The Balaban J connectivity index is 0.00000225. The third-order valence-electron chi connectivity index (χ3n) is 4.75. The highest BCUT2D eigenvalue weighted by Crippen LogP contribution is 2.15. The molecule has 0 saturated carbocycles. The average Bonchev–Trinajstić information content (AvgIpc) is 2.61. The Morgan fingerprint density at radius 1 is 1.08 bits per heavy atom. The fourth-order valence-electron chi connectivity index (χ4n) is 3.41. The molecule has 2 unspecified atom stereocenters. The van der Waals surface area contributed by atoms with E-state index in [2.05, 4.69) is 47.9 Å². The van der Waals surface area contributed by atoms with E-state index in [-0.39, 0.29) is 24.4 Å². The van der Waals surface area contributed by atoms with Crippen molar-refractivity contribution in [1.82, 2.24) is 10.6 Å². The summed E-state index contributed by atoms with van der Waals surface area (Å²) in [5.74, 6) is 0.0674. The molecule has 4 heteroatoms. The molecule has 3 rings (SSSR count). The number of piperidine rings is 1. The zero-order valence-electron chi connectivity index (χ0n) is 14.7. The standard InChI is InChI=1S/C21H26N2O.ClH/c1-16-15-19(13-14-22-16)23-21(24)20-10-6-5-9-18(20)12-11-17-7-3-2-4-8-17;/h2-10,16,19,22H,11-15H2,1H3,(H,23,24);1H. The predicted molar refractivity (Wildman–Crippen MR) is 105 cm³/mol. The van der Waals surface area contributed by atoms with Crippen LogP contribution in [0.5, 0.6) is 0 Å². The highest BCUT2D eigenvalue weighted by atomic mass is 35.5. The maximum absolute atomic E-state index is 12.7. The van der Waals surface area contributed by atoms with Crippen molar-refractivity contribution in [3.8, 4) is 0 Å². The van der Waals surface area contributed by atoms with E-state index in [0.717, 1.165) is 43.4 Å². The molecule has 1 amide bonds. The summed E-state index contributed by atoms with van der Waals surface area (Å²) in [7, 11) is 0. The van der Waals surface area contributed by atoms with Gasteiger partial charge in [-0.15, -0.1) is 12.4 Å². The predicted octanol–water partition coefficient (Wildman–Crippen LogP) is 3.76. The summed E-state index contributed by atoms with van der Waals surface area (Å²) in [6.45, 7) is 3.15. The zero-order valence-corrected chi connectivity index (χ0v) is 15.5. The molecule has 1 aliphatic heterocycles. The first-order valence-electron chi connectivity index (χ1n) is 8.88. The summed E-state index contributed by atoms with van der Waals surface area (Å²) in [4.78, 5) is 12.7. The van der Waals surface area contributed by atoms with Crippen LogP contribution in [-0.2, 0) is 12.8 Å². The molecule has 25 heavy (non-hydrogen) atoms. The van der Waals surface area contributed by atoms with Crippen LogP contribution >= 0.6 is 12.4 Å². The Hall–Kier alpha value is -1.84. The van der Waals surface area contributed by atoms with Gasteiger partial charge >= 0.3 is 0 Å². The Labute approximate surface area is 156 Å². The molecule has 0 aliphatic carbocycles. The first kappa shape index (κ1) is 19.5. The number of aryl methyl sites for hydroxylation is 2. The second kappa shape index (κ2) is 9.59. The number of halogens is 1. The molecule has 2 atom stereocenters. The van der Waals surface area contributed by atoms with Gasteiger partial charge in [-0.3, -0.25) is 4.79 Å². The van der Waals surface area contributed by atoms with Crippen molar-refractivity contribution < 1.29 is 4.79 Å². The molecule has 2 aromatic carbocycles. The number of benzene rings is 2. The highest BCUT2D eigenvalue weighted by Gasteiger charge is 2.21. The molecule has 2 N–H and O–H groups in total. The molecular weight excluding hydrogens is 332 g/mol. The molecule has 1 saturated heterocycles. The second-order valence-electron chi connectivity index (χ2n) is 6.69. The van der Waals surface area contributed by atoms with Crippen molar-refractivity contribution >= 4 is 18.3 Å². The molecule has 134 valence electrons. The molecular formula is C21H27ClN2O. The first-order chi connectivity index (χ1) is 11.7. The molecule has 3 nitrogen and oxygen atoms in total. The molecule has 0 bridgehead atoms. The van der Waals surface area contributed by atoms with E-state index in [1.807, 2.05) is 24.3 Å². The lowest BCUT2D eigenvalue weighted by Crippen LogP contribution is -2.46. The number of hydrogen-bond acceptors (Lipinski definition) is 2. The monoisotopic (exact) mass is 358 g/mol. The van der Waals surface area contributed by atoms with Gasteiger partial charge in [0.15, 0.2) is 0 Å². The van der Waals surface area contributed by atoms with Crippen LogP contribution in [0, 0.1) is 0 Å². The molecule has 1 fully saturated rings. The van der Waals surface area contributed by atoms with E-state index >= 15 is 0 Å². The molecule has 1 aliphatic rings. The van der Waals surface area contributed by atoms with Crippen molar-refractivity contribution in [3.63, 3.8) is 0 Å². The van der Waals surface area contributed by atoms with E-state index in [9.17, 15) is 4.79 Å². The van der Waals surface area contributed by atoms with Crippen molar-refractivity contribution in [1.29, 1.82) is 0 Å². The fourth-order valence-corrected chi connectivity index (χ4v) is 3.41. The van der Waals surface area contributed by atoms with E-state index < -0.39 is 0 Å². The Morgan fingerprint density at radius 3 is 2.56 bits per heavy atom. The molecule has 2 aromatic rings. The minimum atomic E-state index is 0. The smallest absolute Gasteiger partial charge is 0.251 e. The zero-order chi connectivity index (χ0) is 16.8. The van der Waals surface area contributed by atoms with Crippen LogP contribution < -0.4 is 10.6 Å². The third-order valence-corrected chi connectivity index (χ3v) is 4.75. The first-order valence-corrected chi connectivity index (χ1v) is 8.88. The second-order valence-corrected chi connectivity index (χ2v) is 6.69. The number of carbonyl (C=O) groups is 1. The SMILES string of the molecule is CC1CC(NC(=O)c2ccccc2CCc2ccccc2)CCN1.Cl. The Kier molecular flexibility index (Phi) is 7.48.